The molecule has 0 aliphatic rings. The summed E-state index contributed by atoms with van der Waals surface area (Å²) in [6.07, 6.45) is 1.32. The molecule has 2 amide bonds. The first-order chi connectivity index (χ1) is 6.63. The van der Waals surface area contributed by atoms with Gasteiger partial charge in [-0.05, 0) is 36.9 Å². The molecule has 1 rings (SSSR count). The molecule has 2 N–H and O–H groups in total. The molecular weight excluding hydrogens is 200 g/mol. The summed E-state index contributed by atoms with van der Waals surface area (Å²) < 4.78 is 0. The number of anilines is 1. The Labute approximate surface area is 87.8 Å². The Bertz CT molecular complexity index is 363. The van der Waals surface area contributed by atoms with Crippen LogP contribution in [0.3, 0.4) is 0 Å². The van der Waals surface area contributed by atoms with Gasteiger partial charge in [-0.25, -0.2) is 4.79 Å². The van der Waals surface area contributed by atoms with Crippen molar-refractivity contribution < 1.29 is 4.79 Å². The van der Waals surface area contributed by atoms with Crippen molar-refractivity contribution in [3.8, 4) is 0 Å². The van der Waals surface area contributed by atoms with Crippen LogP contribution in [0.1, 0.15) is 5.56 Å². The molecule has 0 aliphatic carbocycles. The van der Waals surface area contributed by atoms with Gasteiger partial charge >= 0.3 is 6.03 Å². The number of hydrogen-bond donors (Lipinski definition) is 2. The lowest BCUT2D eigenvalue weighted by Gasteiger charge is -2.07. The number of rotatable bonds is 2. The summed E-state index contributed by atoms with van der Waals surface area (Å²) in [4.78, 5) is 11.1. The zero-order valence-corrected chi connectivity index (χ0v) is 8.56. The summed E-state index contributed by atoms with van der Waals surface area (Å²) in [5.74, 6) is 0. The van der Waals surface area contributed by atoms with Crippen LogP contribution in [0.2, 0.25) is 5.02 Å². The molecule has 1 aromatic carbocycles. The van der Waals surface area contributed by atoms with Gasteiger partial charge in [0.05, 0.1) is 0 Å². The lowest BCUT2D eigenvalue weighted by atomic mass is 10.2. The molecule has 1 aromatic rings. The molecule has 3 nitrogen and oxygen atoms in total. The molecule has 14 heavy (non-hydrogen) atoms. The predicted octanol–water partition coefficient (Wildman–Crippen LogP) is 2.91. The monoisotopic (exact) mass is 210 g/mol. The number of carbonyl (C=O) groups is 1. The molecule has 0 heterocycles. The van der Waals surface area contributed by atoms with Gasteiger partial charge in [-0.1, -0.05) is 18.2 Å². The fraction of sp³-hybridized carbons (Fsp3) is 0.100. The van der Waals surface area contributed by atoms with Gasteiger partial charge in [-0.2, -0.15) is 0 Å². The maximum Gasteiger partial charge on any atom is 0.323 e. The Hall–Kier alpha value is -1.48. The van der Waals surface area contributed by atoms with Gasteiger partial charge in [0.25, 0.3) is 0 Å². The van der Waals surface area contributed by atoms with Crippen molar-refractivity contribution in [3.63, 3.8) is 0 Å². The molecule has 0 radical (unpaired) electrons. The summed E-state index contributed by atoms with van der Waals surface area (Å²) in [7, 11) is 0. The molecule has 74 valence electrons. The van der Waals surface area contributed by atoms with Crippen LogP contribution < -0.4 is 10.6 Å². The van der Waals surface area contributed by atoms with Crippen molar-refractivity contribution in [1.29, 1.82) is 0 Å². The van der Waals surface area contributed by atoms with Crippen LogP contribution in [0.25, 0.3) is 0 Å². The van der Waals surface area contributed by atoms with Crippen molar-refractivity contribution in [3.05, 3.63) is 41.6 Å². The number of halogens is 1. The average Bonchev–Trinajstić information content (AvgIpc) is 2.10. The molecular formula is C10H11ClN2O. The van der Waals surface area contributed by atoms with Crippen LogP contribution in [0.5, 0.6) is 0 Å². The fourth-order valence-electron chi connectivity index (χ4n) is 1.02. The maximum absolute atomic E-state index is 11.1. The number of aryl methyl sites for hydroxylation is 1. The summed E-state index contributed by atoms with van der Waals surface area (Å²) >= 11 is 5.77. The number of hydrogen-bond acceptors (Lipinski definition) is 1. The third kappa shape index (κ3) is 2.78. The topological polar surface area (TPSA) is 41.1 Å². The molecule has 0 unspecified atom stereocenters. The second kappa shape index (κ2) is 4.67. The van der Waals surface area contributed by atoms with Crippen molar-refractivity contribution in [2.75, 3.05) is 5.32 Å². The largest absolute Gasteiger partial charge is 0.323 e. The Morgan fingerprint density at radius 1 is 1.57 bits per heavy atom. The first kappa shape index (κ1) is 10.6. The first-order valence-corrected chi connectivity index (χ1v) is 4.46. The van der Waals surface area contributed by atoms with E-state index in [1.54, 1.807) is 18.2 Å². The van der Waals surface area contributed by atoms with Gasteiger partial charge in [0, 0.05) is 10.7 Å². The highest BCUT2D eigenvalue weighted by Crippen LogP contribution is 2.19. The number of nitrogens with one attached hydrogen (secondary N) is 2. The first-order valence-electron chi connectivity index (χ1n) is 4.08. The highest BCUT2D eigenvalue weighted by atomic mass is 35.5. The molecule has 0 saturated carbocycles. The smallest absolute Gasteiger partial charge is 0.315 e. The van der Waals surface area contributed by atoms with Crippen molar-refractivity contribution in [1.82, 2.24) is 5.32 Å². The van der Waals surface area contributed by atoms with Crippen molar-refractivity contribution in [2.24, 2.45) is 0 Å². The SMILES string of the molecule is C=CNC(=O)Nc1ccc(Cl)cc1C. The molecule has 0 spiro atoms. The molecule has 0 bridgehead atoms. The van der Waals surface area contributed by atoms with E-state index < -0.39 is 0 Å². The Balaban J connectivity index is 2.76. The molecule has 4 heteroatoms. The highest BCUT2D eigenvalue weighted by molar-refractivity contribution is 6.30. The molecule has 0 atom stereocenters. The number of benzene rings is 1. The van der Waals surface area contributed by atoms with Crippen LogP contribution in [-0.4, -0.2) is 6.03 Å². The van der Waals surface area contributed by atoms with Gasteiger partial charge in [0.15, 0.2) is 0 Å². The van der Waals surface area contributed by atoms with Crippen molar-refractivity contribution in [2.45, 2.75) is 6.92 Å². The summed E-state index contributed by atoms with van der Waals surface area (Å²) in [5.41, 5.74) is 1.64. The Morgan fingerprint density at radius 2 is 2.29 bits per heavy atom. The number of amides is 2. The lowest BCUT2D eigenvalue weighted by Crippen LogP contribution is -2.23. The summed E-state index contributed by atoms with van der Waals surface area (Å²) in [5, 5.41) is 5.73. The quantitative estimate of drug-likeness (QED) is 0.774. The Kier molecular flexibility index (Phi) is 3.54. The average molecular weight is 211 g/mol. The van der Waals surface area contributed by atoms with E-state index in [0.717, 1.165) is 11.3 Å². The van der Waals surface area contributed by atoms with E-state index in [0.29, 0.717) is 5.02 Å². The summed E-state index contributed by atoms with van der Waals surface area (Å²) in [6.45, 7) is 5.26. The standard InChI is InChI=1S/C10H11ClN2O/c1-3-12-10(14)13-9-5-4-8(11)6-7(9)2/h3-6H,1H2,2H3,(H2,12,13,14). The third-order valence-corrected chi connectivity index (χ3v) is 1.90. The minimum Gasteiger partial charge on any atom is -0.315 e. The van der Waals surface area contributed by atoms with E-state index in [1.165, 1.54) is 6.20 Å². The van der Waals surface area contributed by atoms with E-state index >= 15 is 0 Å². The number of urea groups is 1. The third-order valence-electron chi connectivity index (χ3n) is 1.67. The second-order valence-corrected chi connectivity index (χ2v) is 3.20. The summed E-state index contributed by atoms with van der Waals surface area (Å²) in [6, 6.07) is 4.94. The fourth-order valence-corrected chi connectivity index (χ4v) is 1.25. The lowest BCUT2D eigenvalue weighted by molar-refractivity contribution is 0.255. The van der Waals surface area contributed by atoms with E-state index in [1.807, 2.05) is 6.92 Å². The number of carbonyl (C=O) groups excluding carboxylic acids is 1. The van der Waals surface area contributed by atoms with Gasteiger partial charge in [0.1, 0.15) is 0 Å². The van der Waals surface area contributed by atoms with Gasteiger partial charge in [-0.3, -0.25) is 0 Å². The van der Waals surface area contributed by atoms with E-state index in [9.17, 15) is 4.79 Å². The molecule has 0 aromatic heterocycles. The molecule has 0 aliphatic heterocycles. The van der Waals surface area contributed by atoms with Crippen LogP contribution in [-0.2, 0) is 0 Å². The predicted molar refractivity (Wildman–Crippen MR) is 58.5 cm³/mol. The zero-order chi connectivity index (χ0) is 10.6. The maximum atomic E-state index is 11.1. The normalized spacial score (nSPS) is 9.29. The van der Waals surface area contributed by atoms with Crippen LogP contribution in [0.4, 0.5) is 10.5 Å². The minimum atomic E-state index is -0.314. The van der Waals surface area contributed by atoms with E-state index in [4.69, 9.17) is 11.6 Å². The highest BCUT2D eigenvalue weighted by Gasteiger charge is 2.02. The minimum absolute atomic E-state index is 0.314. The zero-order valence-electron chi connectivity index (χ0n) is 7.80. The van der Waals surface area contributed by atoms with Crippen LogP contribution in [0.15, 0.2) is 31.0 Å². The Morgan fingerprint density at radius 3 is 2.86 bits per heavy atom. The van der Waals surface area contributed by atoms with E-state index in [2.05, 4.69) is 17.2 Å². The van der Waals surface area contributed by atoms with Crippen LogP contribution >= 0.6 is 11.6 Å². The second-order valence-electron chi connectivity index (χ2n) is 2.76. The van der Waals surface area contributed by atoms with Crippen LogP contribution in [0, 0.1) is 6.92 Å². The molecule has 0 fully saturated rings. The molecule has 0 saturated heterocycles. The van der Waals surface area contributed by atoms with Gasteiger partial charge in [0.2, 0.25) is 0 Å². The van der Waals surface area contributed by atoms with Gasteiger partial charge < -0.3 is 10.6 Å². The van der Waals surface area contributed by atoms with Crippen molar-refractivity contribution >= 4 is 23.3 Å². The van der Waals surface area contributed by atoms with E-state index in [-0.39, 0.29) is 6.03 Å². The van der Waals surface area contributed by atoms with Gasteiger partial charge in [-0.15, -0.1) is 0 Å².